The van der Waals surface area contributed by atoms with Gasteiger partial charge >= 0.3 is 0 Å². The van der Waals surface area contributed by atoms with Crippen molar-refractivity contribution in [3.05, 3.63) is 34.4 Å². The van der Waals surface area contributed by atoms with Crippen LogP contribution in [0.15, 0.2) is 12.1 Å². The van der Waals surface area contributed by atoms with E-state index < -0.39 is 22.6 Å². The first-order chi connectivity index (χ1) is 8.08. The Hall–Kier alpha value is -1.20. The van der Waals surface area contributed by atoms with E-state index >= 15 is 0 Å². The van der Waals surface area contributed by atoms with Crippen molar-refractivity contribution in [3.8, 4) is 0 Å². The molecular formula is C11H10ClF2NO2. The quantitative estimate of drug-likeness (QED) is 0.668. The molecule has 2 rings (SSSR count). The summed E-state index contributed by atoms with van der Waals surface area (Å²) < 4.78 is 25.9. The van der Waals surface area contributed by atoms with E-state index in [-0.39, 0.29) is 5.56 Å². The second kappa shape index (κ2) is 4.98. The molecule has 0 atom stereocenters. The summed E-state index contributed by atoms with van der Waals surface area (Å²) in [7, 11) is 0. The van der Waals surface area contributed by atoms with Gasteiger partial charge in [0.1, 0.15) is 0 Å². The molecule has 0 aliphatic heterocycles. The second-order valence-electron chi connectivity index (χ2n) is 3.94. The largest absolute Gasteiger partial charge is 0.274 e. The van der Waals surface area contributed by atoms with Crippen LogP contribution in [0.25, 0.3) is 0 Å². The zero-order valence-corrected chi connectivity index (χ0v) is 9.56. The van der Waals surface area contributed by atoms with E-state index in [2.05, 4.69) is 5.48 Å². The first-order valence-corrected chi connectivity index (χ1v) is 5.52. The number of benzene rings is 1. The van der Waals surface area contributed by atoms with Gasteiger partial charge in [-0.05, 0) is 30.9 Å². The third kappa shape index (κ3) is 3.14. The number of halogens is 3. The van der Waals surface area contributed by atoms with Gasteiger partial charge in [0, 0.05) is 5.56 Å². The van der Waals surface area contributed by atoms with E-state index in [0.717, 1.165) is 25.0 Å². The Balaban J connectivity index is 1.97. The highest BCUT2D eigenvalue weighted by atomic mass is 35.5. The van der Waals surface area contributed by atoms with Gasteiger partial charge in [-0.1, -0.05) is 11.6 Å². The fraction of sp³-hybridized carbons (Fsp3) is 0.364. The van der Waals surface area contributed by atoms with E-state index in [1.807, 2.05) is 0 Å². The fourth-order valence-electron chi connectivity index (χ4n) is 1.26. The van der Waals surface area contributed by atoms with Crippen molar-refractivity contribution in [1.82, 2.24) is 5.48 Å². The van der Waals surface area contributed by atoms with Crippen molar-refractivity contribution in [2.24, 2.45) is 5.92 Å². The molecule has 6 heteroatoms. The van der Waals surface area contributed by atoms with Crippen molar-refractivity contribution < 1.29 is 18.4 Å². The van der Waals surface area contributed by atoms with Crippen LogP contribution in [0.4, 0.5) is 8.78 Å². The minimum atomic E-state index is -1.16. The zero-order chi connectivity index (χ0) is 12.4. The predicted molar refractivity (Wildman–Crippen MR) is 57.5 cm³/mol. The number of carbonyl (C=O) groups is 1. The van der Waals surface area contributed by atoms with Crippen molar-refractivity contribution >= 4 is 17.5 Å². The van der Waals surface area contributed by atoms with Crippen LogP contribution < -0.4 is 5.48 Å². The minimum Gasteiger partial charge on any atom is -0.273 e. The van der Waals surface area contributed by atoms with Crippen LogP contribution >= 0.6 is 11.6 Å². The Kier molecular flexibility index (Phi) is 3.59. The number of carbonyl (C=O) groups excluding carboxylic acids is 1. The average Bonchev–Trinajstić information content (AvgIpc) is 3.09. The summed E-state index contributed by atoms with van der Waals surface area (Å²) in [5.41, 5.74) is 2.08. The van der Waals surface area contributed by atoms with Gasteiger partial charge in [-0.3, -0.25) is 9.63 Å². The fourth-order valence-corrected chi connectivity index (χ4v) is 1.46. The van der Waals surface area contributed by atoms with Crippen molar-refractivity contribution in [3.63, 3.8) is 0 Å². The van der Waals surface area contributed by atoms with Crippen LogP contribution in [0.1, 0.15) is 23.2 Å². The molecule has 1 saturated carbocycles. The summed E-state index contributed by atoms with van der Waals surface area (Å²) >= 11 is 5.42. The lowest BCUT2D eigenvalue weighted by atomic mass is 10.2. The van der Waals surface area contributed by atoms with Gasteiger partial charge < -0.3 is 0 Å². The molecule has 0 heterocycles. The molecule has 1 N–H and O–H groups in total. The average molecular weight is 262 g/mol. The standard InChI is InChI=1S/C11H10ClF2NO2/c12-8-3-7(4-9(13)10(8)14)11(16)15-17-5-6-1-2-6/h3-4,6H,1-2,5H2,(H,15,16). The number of hydrogen-bond donors (Lipinski definition) is 1. The summed E-state index contributed by atoms with van der Waals surface area (Å²) in [6.07, 6.45) is 2.18. The van der Waals surface area contributed by atoms with Crippen molar-refractivity contribution in [1.29, 1.82) is 0 Å². The smallest absolute Gasteiger partial charge is 0.273 e. The maximum absolute atomic E-state index is 13.0. The Morgan fingerprint density at radius 3 is 2.76 bits per heavy atom. The molecule has 92 valence electrons. The van der Waals surface area contributed by atoms with Gasteiger partial charge in [0.2, 0.25) is 0 Å². The Bertz CT molecular complexity index is 426. The van der Waals surface area contributed by atoms with Crippen LogP contribution in [-0.2, 0) is 4.84 Å². The van der Waals surface area contributed by atoms with Gasteiger partial charge in [-0.15, -0.1) is 0 Å². The normalized spacial score (nSPS) is 14.8. The van der Waals surface area contributed by atoms with Crippen molar-refractivity contribution in [2.45, 2.75) is 12.8 Å². The molecule has 1 aromatic carbocycles. The Morgan fingerprint density at radius 1 is 1.47 bits per heavy atom. The molecule has 0 aromatic heterocycles. The zero-order valence-electron chi connectivity index (χ0n) is 8.80. The number of amides is 1. The Labute approximate surface area is 102 Å². The second-order valence-corrected chi connectivity index (χ2v) is 4.35. The summed E-state index contributed by atoms with van der Waals surface area (Å²) in [4.78, 5) is 16.4. The van der Waals surface area contributed by atoms with Crippen LogP contribution in [0.5, 0.6) is 0 Å². The molecule has 17 heavy (non-hydrogen) atoms. The van der Waals surface area contributed by atoms with Crippen LogP contribution in [0.3, 0.4) is 0 Å². The van der Waals surface area contributed by atoms with E-state index in [0.29, 0.717) is 12.5 Å². The monoisotopic (exact) mass is 261 g/mol. The Morgan fingerprint density at radius 2 is 2.18 bits per heavy atom. The molecule has 0 radical (unpaired) electrons. The van der Waals surface area contributed by atoms with Gasteiger partial charge in [0.15, 0.2) is 11.6 Å². The van der Waals surface area contributed by atoms with Crippen LogP contribution in [0, 0.1) is 17.6 Å². The van der Waals surface area contributed by atoms with Gasteiger partial charge in [0.25, 0.3) is 5.91 Å². The third-order valence-electron chi connectivity index (χ3n) is 2.43. The lowest BCUT2D eigenvalue weighted by molar-refractivity contribution is 0.0270. The summed E-state index contributed by atoms with van der Waals surface area (Å²) in [6, 6.07) is 1.83. The maximum Gasteiger partial charge on any atom is 0.274 e. The highest BCUT2D eigenvalue weighted by Crippen LogP contribution is 2.28. The molecule has 1 aliphatic rings. The molecule has 1 fully saturated rings. The molecule has 1 amide bonds. The molecule has 0 bridgehead atoms. The lowest BCUT2D eigenvalue weighted by Gasteiger charge is -2.06. The van der Waals surface area contributed by atoms with Crippen molar-refractivity contribution in [2.75, 3.05) is 6.61 Å². The summed E-state index contributed by atoms with van der Waals surface area (Å²) in [5.74, 6) is -2.48. The molecule has 0 spiro atoms. The third-order valence-corrected chi connectivity index (χ3v) is 2.70. The molecule has 1 aromatic rings. The highest BCUT2D eigenvalue weighted by molar-refractivity contribution is 6.31. The van der Waals surface area contributed by atoms with E-state index in [4.69, 9.17) is 16.4 Å². The number of hydroxylamine groups is 1. The van der Waals surface area contributed by atoms with Gasteiger partial charge in [-0.2, -0.15) is 0 Å². The summed E-state index contributed by atoms with van der Waals surface area (Å²) in [6.45, 7) is 0.434. The number of rotatable bonds is 4. The number of nitrogens with one attached hydrogen (secondary N) is 1. The van der Waals surface area contributed by atoms with E-state index in [9.17, 15) is 13.6 Å². The first kappa shape index (κ1) is 12.3. The first-order valence-electron chi connectivity index (χ1n) is 5.14. The van der Waals surface area contributed by atoms with Gasteiger partial charge in [-0.25, -0.2) is 14.3 Å². The minimum absolute atomic E-state index is 0.0790. The lowest BCUT2D eigenvalue weighted by Crippen LogP contribution is -2.25. The SMILES string of the molecule is O=C(NOCC1CC1)c1cc(F)c(F)c(Cl)c1. The predicted octanol–water partition coefficient (Wildman–Crippen LogP) is 2.69. The highest BCUT2D eigenvalue weighted by Gasteiger charge is 2.22. The maximum atomic E-state index is 13.0. The van der Waals surface area contributed by atoms with Gasteiger partial charge in [0.05, 0.1) is 11.6 Å². The van der Waals surface area contributed by atoms with Crippen LogP contribution in [-0.4, -0.2) is 12.5 Å². The van der Waals surface area contributed by atoms with Crippen LogP contribution in [0.2, 0.25) is 5.02 Å². The molecule has 3 nitrogen and oxygen atoms in total. The summed E-state index contributed by atoms with van der Waals surface area (Å²) in [5, 5.41) is -0.433. The molecule has 0 unspecified atom stereocenters. The molecule has 0 saturated heterocycles. The van der Waals surface area contributed by atoms with E-state index in [1.165, 1.54) is 0 Å². The number of hydrogen-bond acceptors (Lipinski definition) is 2. The molecular weight excluding hydrogens is 252 g/mol. The topological polar surface area (TPSA) is 38.3 Å². The van der Waals surface area contributed by atoms with E-state index in [1.54, 1.807) is 0 Å². The molecule has 1 aliphatic carbocycles.